The lowest BCUT2D eigenvalue weighted by Gasteiger charge is -2.08. The van der Waals surface area contributed by atoms with Gasteiger partial charge in [-0.2, -0.15) is 0 Å². The van der Waals surface area contributed by atoms with Crippen molar-refractivity contribution in [1.82, 2.24) is 0 Å². The molecule has 0 rings (SSSR count). The Hall–Kier alpha value is -0.790. The lowest BCUT2D eigenvalue weighted by molar-refractivity contribution is -0.131. The molecule has 0 aliphatic rings. The molecule has 0 aromatic heterocycles. The number of aliphatic carboxylic acids is 1. The van der Waals surface area contributed by atoms with Crippen LogP contribution in [0.5, 0.6) is 0 Å². The zero-order valence-electron chi connectivity index (χ0n) is 7.42. The molecule has 11 heavy (non-hydrogen) atoms. The van der Waals surface area contributed by atoms with Crippen molar-refractivity contribution in [3.8, 4) is 0 Å². The molecule has 0 aromatic carbocycles. The van der Waals surface area contributed by atoms with Gasteiger partial charge < -0.3 is 5.11 Å². The summed E-state index contributed by atoms with van der Waals surface area (Å²) in [6, 6.07) is 0. The molecule has 0 saturated heterocycles. The molecule has 0 aromatic rings. The van der Waals surface area contributed by atoms with Crippen LogP contribution in [-0.2, 0) is 4.79 Å². The highest BCUT2D eigenvalue weighted by molar-refractivity contribution is 5.80. The number of carboxylic acids is 1. The zero-order chi connectivity index (χ0) is 8.85. The molecular weight excluding hydrogens is 140 g/mol. The van der Waals surface area contributed by atoms with E-state index < -0.39 is 5.97 Å². The highest BCUT2D eigenvalue weighted by atomic mass is 16.4. The monoisotopic (exact) mass is 156 g/mol. The molecule has 0 fully saturated rings. The van der Waals surface area contributed by atoms with Crippen molar-refractivity contribution in [2.24, 2.45) is 5.92 Å². The molecule has 0 heterocycles. The Balaban J connectivity index is 4.00. The second kappa shape index (κ2) is 4.94. The van der Waals surface area contributed by atoms with Gasteiger partial charge in [0.2, 0.25) is 0 Å². The van der Waals surface area contributed by atoms with E-state index in [1.807, 2.05) is 6.92 Å². The van der Waals surface area contributed by atoms with E-state index in [1.54, 1.807) is 0 Å². The fraction of sp³-hybridized carbons (Fsp3) is 0.667. The standard InChI is InChI=1S/C9H16O2/c1-4-5-7(2)8(3)6-9(10)11/h6-7H,4-5H2,1-3H3,(H,10,11). The minimum Gasteiger partial charge on any atom is -0.478 e. The molecule has 0 aliphatic carbocycles. The molecule has 2 nitrogen and oxygen atoms in total. The Morgan fingerprint density at radius 3 is 2.55 bits per heavy atom. The van der Waals surface area contributed by atoms with Gasteiger partial charge in [0, 0.05) is 6.08 Å². The second-order valence-corrected chi connectivity index (χ2v) is 2.92. The highest BCUT2D eigenvalue weighted by Crippen LogP contribution is 2.14. The van der Waals surface area contributed by atoms with Crippen LogP contribution in [0, 0.1) is 5.92 Å². The molecule has 1 atom stereocenters. The number of hydrogen-bond acceptors (Lipinski definition) is 1. The highest BCUT2D eigenvalue weighted by Gasteiger charge is 2.03. The van der Waals surface area contributed by atoms with E-state index in [-0.39, 0.29) is 0 Å². The predicted octanol–water partition coefficient (Wildman–Crippen LogP) is 2.45. The maximum Gasteiger partial charge on any atom is 0.328 e. The second-order valence-electron chi connectivity index (χ2n) is 2.92. The fourth-order valence-electron chi connectivity index (χ4n) is 0.998. The Morgan fingerprint density at radius 2 is 2.18 bits per heavy atom. The summed E-state index contributed by atoms with van der Waals surface area (Å²) in [5.74, 6) is -0.443. The molecular formula is C9H16O2. The molecule has 1 N–H and O–H groups in total. The van der Waals surface area contributed by atoms with Crippen molar-refractivity contribution in [3.63, 3.8) is 0 Å². The number of carbonyl (C=O) groups is 1. The first kappa shape index (κ1) is 10.2. The molecule has 0 aliphatic heterocycles. The average molecular weight is 156 g/mol. The van der Waals surface area contributed by atoms with Gasteiger partial charge >= 0.3 is 5.97 Å². The van der Waals surface area contributed by atoms with Crippen LogP contribution in [-0.4, -0.2) is 11.1 Å². The summed E-state index contributed by atoms with van der Waals surface area (Å²) in [4.78, 5) is 10.2. The summed E-state index contributed by atoms with van der Waals surface area (Å²) >= 11 is 0. The van der Waals surface area contributed by atoms with Gasteiger partial charge in [0.1, 0.15) is 0 Å². The normalized spacial score (nSPS) is 14.6. The van der Waals surface area contributed by atoms with Crippen molar-refractivity contribution in [2.75, 3.05) is 0 Å². The minimum absolute atomic E-state index is 0.399. The third-order valence-electron chi connectivity index (χ3n) is 1.85. The molecule has 0 spiro atoms. The molecule has 0 radical (unpaired) electrons. The summed E-state index contributed by atoms with van der Waals surface area (Å²) in [6.07, 6.45) is 3.46. The number of hydrogen-bond donors (Lipinski definition) is 1. The molecule has 1 unspecified atom stereocenters. The fourth-order valence-corrected chi connectivity index (χ4v) is 0.998. The van der Waals surface area contributed by atoms with E-state index in [2.05, 4.69) is 13.8 Å². The summed E-state index contributed by atoms with van der Waals surface area (Å²) in [6.45, 7) is 6.03. The van der Waals surface area contributed by atoms with Crippen LogP contribution in [0.3, 0.4) is 0 Å². The Kier molecular flexibility index (Phi) is 4.59. The van der Waals surface area contributed by atoms with Crippen LogP contribution < -0.4 is 0 Å². The SMILES string of the molecule is CCCC(C)C(C)=CC(=O)O. The first-order valence-electron chi connectivity index (χ1n) is 3.99. The van der Waals surface area contributed by atoms with E-state index in [9.17, 15) is 4.79 Å². The molecule has 0 amide bonds. The summed E-state index contributed by atoms with van der Waals surface area (Å²) in [7, 11) is 0. The Bertz CT molecular complexity index is 159. The summed E-state index contributed by atoms with van der Waals surface area (Å²) in [5, 5.41) is 8.42. The minimum atomic E-state index is -0.842. The third-order valence-corrected chi connectivity index (χ3v) is 1.85. The number of carboxylic acid groups (broad SMARTS) is 1. The van der Waals surface area contributed by atoms with Crippen LogP contribution in [0.4, 0.5) is 0 Å². The Labute approximate surface area is 67.9 Å². The van der Waals surface area contributed by atoms with Gasteiger partial charge in [-0.05, 0) is 19.3 Å². The van der Waals surface area contributed by atoms with Crippen LogP contribution in [0.2, 0.25) is 0 Å². The van der Waals surface area contributed by atoms with Crippen LogP contribution in [0.25, 0.3) is 0 Å². The Morgan fingerprint density at radius 1 is 1.64 bits per heavy atom. The molecule has 0 bridgehead atoms. The van der Waals surface area contributed by atoms with E-state index in [1.165, 1.54) is 6.08 Å². The maximum atomic E-state index is 10.2. The molecule has 2 heteroatoms. The smallest absolute Gasteiger partial charge is 0.328 e. The quantitative estimate of drug-likeness (QED) is 0.635. The topological polar surface area (TPSA) is 37.3 Å². The number of rotatable bonds is 4. The zero-order valence-corrected chi connectivity index (χ0v) is 7.42. The van der Waals surface area contributed by atoms with Crippen LogP contribution in [0.1, 0.15) is 33.6 Å². The number of allylic oxidation sites excluding steroid dienone is 1. The van der Waals surface area contributed by atoms with Crippen LogP contribution >= 0.6 is 0 Å². The van der Waals surface area contributed by atoms with Crippen molar-refractivity contribution in [3.05, 3.63) is 11.6 Å². The van der Waals surface area contributed by atoms with Crippen molar-refractivity contribution in [2.45, 2.75) is 33.6 Å². The summed E-state index contributed by atoms with van der Waals surface area (Å²) < 4.78 is 0. The third kappa shape index (κ3) is 4.59. The van der Waals surface area contributed by atoms with Gasteiger partial charge in [-0.1, -0.05) is 25.8 Å². The lowest BCUT2D eigenvalue weighted by Crippen LogP contribution is -1.99. The van der Waals surface area contributed by atoms with Gasteiger partial charge in [0.25, 0.3) is 0 Å². The molecule has 0 saturated carbocycles. The van der Waals surface area contributed by atoms with Gasteiger partial charge in [0.05, 0.1) is 0 Å². The first-order chi connectivity index (χ1) is 5.07. The predicted molar refractivity (Wildman–Crippen MR) is 45.5 cm³/mol. The van der Waals surface area contributed by atoms with Gasteiger partial charge in [-0.15, -0.1) is 0 Å². The van der Waals surface area contributed by atoms with E-state index >= 15 is 0 Å². The molecule has 64 valence electrons. The van der Waals surface area contributed by atoms with Crippen molar-refractivity contribution >= 4 is 5.97 Å². The first-order valence-corrected chi connectivity index (χ1v) is 3.99. The summed E-state index contributed by atoms with van der Waals surface area (Å²) in [5.41, 5.74) is 0.958. The van der Waals surface area contributed by atoms with Crippen LogP contribution in [0.15, 0.2) is 11.6 Å². The largest absolute Gasteiger partial charge is 0.478 e. The van der Waals surface area contributed by atoms with Gasteiger partial charge in [-0.25, -0.2) is 4.79 Å². The average Bonchev–Trinajstić information content (AvgIpc) is 1.86. The van der Waals surface area contributed by atoms with E-state index in [4.69, 9.17) is 5.11 Å². The van der Waals surface area contributed by atoms with Gasteiger partial charge in [0.15, 0.2) is 0 Å². The maximum absolute atomic E-state index is 10.2. The van der Waals surface area contributed by atoms with E-state index in [0.717, 1.165) is 18.4 Å². The van der Waals surface area contributed by atoms with Crippen molar-refractivity contribution in [1.29, 1.82) is 0 Å². The van der Waals surface area contributed by atoms with Crippen molar-refractivity contribution < 1.29 is 9.90 Å². The lowest BCUT2D eigenvalue weighted by atomic mass is 9.97. The van der Waals surface area contributed by atoms with Gasteiger partial charge in [-0.3, -0.25) is 0 Å². The van der Waals surface area contributed by atoms with E-state index in [0.29, 0.717) is 5.92 Å².